The molecule has 0 heterocycles. The molecule has 0 saturated heterocycles. The Morgan fingerprint density at radius 3 is 2.62 bits per heavy atom. The molecule has 0 unspecified atom stereocenters. The van der Waals surface area contributed by atoms with Gasteiger partial charge in [-0.2, -0.15) is 0 Å². The number of esters is 1. The van der Waals surface area contributed by atoms with E-state index in [4.69, 9.17) is 27.9 Å². The summed E-state index contributed by atoms with van der Waals surface area (Å²) in [5, 5.41) is 3.37. The predicted octanol–water partition coefficient (Wildman–Crippen LogP) is 4.66. The van der Waals surface area contributed by atoms with Crippen molar-refractivity contribution in [3.63, 3.8) is 0 Å². The second-order valence-electron chi connectivity index (χ2n) is 5.21. The van der Waals surface area contributed by atoms with Crippen LogP contribution in [0.25, 0.3) is 0 Å². The first-order valence-electron chi connectivity index (χ1n) is 7.43. The molecule has 24 heavy (non-hydrogen) atoms. The van der Waals surface area contributed by atoms with E-state index in [1.165, 1.54) is 12.1 Å². The number of benzene rings is 2. The van der Waals surface area contributed by atoms with Gasteiger partial charge < -0.3 is 10.1 Å². The van der Waals surface area contributed by atoms with Gasteiger partial charge in [0.25, 0.3) is 5.91 Å². The van der Waals surface area contributed by atoms with Gasteiger partial charge in [0.1, 0.15) is 0 Å². The second-order valence-corrected chi connectivity index (χ2v) is 6.05. The molecule has 2 aromatic rings. The topological polar surface area (TPSA) is 55.4 Å². The van der Waals surface area contributed by atoms with E-state index in [1.807, 2.05) is 32.0 Å². The fraction of sp³-hybridized carbons (Fsp3) is 0.222. The van der Waals surface area contributed by atoms with Crippen molar-refractivity contribution < 1.29 is 14.3 Å². The Hall–Kier alpha value is -2.04. The van der Waals surface area contributed by atoms with Crippen molar-refractivity contribution in [2.75, 3.05) is 11.9 Å². The molecule has 0 saturated carbocycles. The van der Waals surface area contributed by atoms with Crippen LogP contribution in [-0.4, -0.2) is 18.5 Å². The van der Waals surface area contributed by atoms with Gasteiger partial charge in [-0.1, -0.05) is 48.3 Å². The number of hydrogen-bond acceptors (Lipinski definition) is 3. The van der Waals surface area contributed by atoms with Gasteiger partial charge in [0.05, 0.1) is 10.6 Å². The third-order valence-electron chi connectivity index (χ3n) is 3.49. The van der Waals surface area contributed by atoms with Crippen LogP contribution in [0.5, 0.6) is 0 Å². The quantitative estimate of drug-likeness (QED) is 0.783. The highest BCUT2D eigenvalue weighted by Crippen LogP contribution is 2.22. The molecule has 0 bridgehead atoms. The highest BCUT2D eigenvalue weighted by atomic mass is 35.5. The average Bonchev–Trinajstić information content (AvgIpc) is 2.56. The molecule has 0 aliphatic carbocycles. The Kier molecular flexibility index (Phi) is 6.23. The number of halogens is 2. The number of aryl methyl sites for hydroxylation is 2. The van der Waals surface area contributed by atoms with E-state index in [1.54, 1.807) is 6.07 Å². The molecule has 2 aromatic carbocycles. The van der Waals surface area contributed by atoms with E-state index < -0.39 is 18.5 Å². The second kappa shape index (κ2) is 8.18. The molecular weight excluding hydrogens is 349 g/mol. The van der Waals surface area contributed by atoms with Gasteiger partial charge in [-0.3, -0.25) is 4.79 Å². The Labute approximate surface area is 150 Å². The number of nitrogens with one attached hydrogen (secondary N) is 1. The van der Waals surface area contributed by atoms with Gasteiger partial charge in [-0.15, -0.1) is 0 Å². The van der Waals surface area contributed by atoms with E-state index in [2.05, 4.69) is 5.32 Å². The summed E-state index contributed by atoms with van der Waals surface area (Å²) >= 11 is 11.8. The third kappa shape index (κ3) is 4.49. The molecule has 1 N–H and O–H groups in total. The van der Waals surface area contributed by atoms with Crippen LogP contribution in [0.1, 0.15) is 28.4 Å². The first-order chi connectivity index (χ1) is 11.4. The third-order valence-corrected chi connectivity index (χ3v) is 4.05. The molecule has 0 aliphatic rings. The lowest BCUT2D eigenvalue weighted by Gasteiger charge is -2.13. The molecule has 6 heteroatoms. The van der Waals surface area contributed by atoms with E-state index >= 15 is 0 Å². The number of carbonyl (C=O) groups excluding carboxylic acids is 2. The molecule has 0 spiro atoms. The van der Waals surface area contributed by atoms with Gasteiger partial charge in [0.2, 0.25) is 0 Å². The lowest BCUT2D eigenvalue weighted by atomic mass is 10.1. The van der Waals surface area contributed by atoms with Gasteiger partial charge in [0.15, 0.2) is 6.61 Å². The minimum absolute atomic E-state index is 0.127. The molecule has 2 rings (SSSR count). The Balaban J connectivity index is 2.01. The van der Waals surface area contributed by atoms with E-state index in [-0.39, 0.29) is 10.6 Å². The summed E-state index contributed by atoms with van der Waals surface area (Å²) in [6, 6.07) is 10.3. The smallest absolute Gasteiger partial charge is 0.340 e. The summed E-state index contributed by atoms with van der Waals surface area (Å²) in [5.41, 5.74) is 2.85. The van der Waals surface area contributed by atoms with Gasteiger partial charge in [-0.05, 0) is 42.7 Å². The van der Waals surface area contributed by atoms with Crippen molar-refractivity contribution in [1.29, 1.82) is 0 Å². The molecule has 0 atom stereocenters. The van der Waals surface area contributed by atoms with Gasteiger partial charge in [0, 0.05) is 10.7 Å². The summed E-state index contributed by atoms with van der Waals surface area (Å²) < 4.78 is 5.02. The van der Waals surface area contributed by atoms with Crippen molar-refractivity contribution in [3.8, 4) is 0 Å². The van der Waals surface area contributed by atoms with Crippen LogP contribution >= 0.6 is 23.2 Å². The fourth-order valence-corrected chi connectivity index (χ4v) is 2.61. The molecule has 126 valence electrons. The van der Waals surface area contributed by atoms with Crippen molar-refractivity contribution in [3.05, 3.63) is 63.1 Å². The van der Waals surface area contributed by atoms with Crippen LogP contribution in [0.3, 0.4) is 0 Å². The average molecular weight is 366 g/mol. The van der Waals surface area contributed by atoms with Crippen LogP contribution in [0.15, 0.2) is 36.4 Å². The first kappa shape index (κ1) is 18.3. The predicted molar refractivity (Wildman–Crippen MR) is 95.9 cm³/mol. The minimum Gasteiger partial charge on any atom is -0.452 e. The largest absolute Gasteiger partial charge is 0.452 e. The van der Waals surface area contributed by atoms with Crippen LogP contribution in [0.2, 0.25) is 10.0 Å². The molecule has 0 aromatic heterocycles. The molecule has 0 fully saturated rings. The van der Waals surface area contributed by atoms with Crippen LogP contribution in [0, 0.1) is 6.92 Å². The number of para-hydroxylation sites is 1. The van der Waals surface area contributed by atoms with Crippen molar-refractivity contribution in [1.82, 2.24) is 0 Å². The number of carbonyl (C=O) groups is 2. The molecular formula is C18H17Cl2NO3. The molecule has 1 amide bonds. The van der Waals surface area contributed by atoms with Crippen LogP contribution in [-0.2, 0) is 16.0 Å². The van der Waals surface area contributed by atoms with E-state index in [0.29, 0.717) is 5.02 Å². The standard InChI is InChI=1S/C18H17Cl2NO3/c1-3-12-6-4-5-11(2)17(12)21-16(22)10-24-18(23)14-9-13(19)7-8-15(14)20/h4-9H,3,10H2,1-2H3,(H,21,22). The van der Waals surface area contributed by atoms with E-state index in [9.17, 15) is 9.59 Å². The minimum atomic E-state index is -0.696. The number of hydrogen-bond donors (Lipinski definition) is 1. The summed E-state index contributed by atoms with van der Waals surface area (Å²) in [6.07, 6.45) is 0.787. The zero-order valence-corrected chi connectivity index (χ0v) is 14.9. The summed E-state index contributed by atoms with van der Waals surface area (Å²) in [6.45, 7) is 3.51. The van der Waals surface area contributed by atoms with Crippen molar-refractivity contribution in [2.45, 2.75) is 20.3 Å². The first-order valence-corrected chi connectivity index (χ1v) is 8.18. The number of ether oxygens (including phenoxy) is 1. The van der Waals surface area contributed by atoms with E-state index in [0.717, 1.165) is 23.2 Å². The summed E-state index contributed by atoms with van der Waals surface area (Å²) in [4.78, 5) is 24.1. The normalized spacial score (nSPS) is 10.3. The molecule has 0 radical (unpaired) electrons. The van der Waals surface area contributed by atoms with Crippen LogP contribution in [0.4, 0.5) is 5.69 Å². The lowest BCUT2D eigenvalue weighted by Crippen LogP contribution is -2.22. The Morgan fingerprint density at radius 1 is 1.17 bits per heavy atom. The number of anilines is 1. The number of rotatable bonds is 5. The Morgan fingerprint density at radius 2 is 1.92 bits per heavy atom. The number of amides is 1. The molecule has 4 nitrogen and oxygen atoms in total. The maximum atomic E-state index is 12.1. The monoisotopic (exact) mass is 365 g/mol. The fourth-order valence-electron chi connectivity index (χ4n) is 2.24. The van der Waals surface area contributed by atoms with Crippen molar-refractivity contribution in [2.24, 2.45) is 0 Å². The maximum Gasteiger partial charge on any atom is 0.340 e. The maximum absolute atomic E-state index is 12.1. The highest BCUT2D eigenvalue weighted by Gasteiger charge is 2.15. The highest BCUT2D eigenvalue weighted by molar-refractivity contribution is 6.35. The zero-order chi connectivity index (χ0) is 17.7. The Bertz CT molecular complexity index is 775. The SMILES string of the molecule is CCc1cccc(C)c1NC(=O)COC(=O)c1cc(Cl)ccc1Cl. The summed E-state index contributed by atoms with van der Waals surface area (Å²) in [5.74, 6) is -1.11. The zero-order valence-electron chi connectivity index (χ0n) is 13.4. The van der Waals surface area contributed by atoms with Gasteiger partial charge in [-0.25, -0.2) is 4.79 Å². The van der Waals surface area contributed by atoms with Crippen LogP contribution < -0.4 is 5.32 Å². The molecule has 0 aliphatic heterocycles. The van der Waals surface area contributed by atoms with Gasteiger partial charge >= 0.3 is 5.97 Å². The van der Waals surface area contributed by atoms with Crippen molar-refractivity contribution >= 4 is 40.8 Å². The lowest BCUT2D eigenvalue weighted by molar-refractivity contribution is -0.119. The summed E-state index contributed by atoms with van der Waals surface area (Å²) in [7, 11) is 0.